The van der Waals surface area contributed by atoms with E-state index in [4.69, 9.17) is 9.90 Å². The summed E-state index contributed by atoms with van der Waals surface area (Å²) in [5, 5.41) is 9.98. The highest BCUT2D eigenvalue weighted by Gasteiger charge is 2.11. The summed E-state index contributed by atoms with van der Waals surface area (Å²) in [6.45, 7) is 4.09. The highest BCUT2D eigenvalue weighted by atomic mass is 79.9. The zero-order valence-electron chi connectivity index (χ0n) is 15.0. The molecule has 27 heavy (non-hydrogen) atoms. The lowest BCUT2D eigenvalue weighted by Gasteiger charge is -2.08. The second kappa shape index (κ2) is 8.28. The topological polar surface area (TPSA) is 42.2 Å². The van der Waals surface area contributed by atoms with Gasteiger partial charge < -0.3 is 9.67 Å². The zero-order valence-corrected chi connectivity index (χ0v) is 18.2. The van der Waals surface area contributed by atoms with Gasteiger partial charge in [0.25, 0.3) is 5.97 Å². The number of carbonyl (C=O) groups is 1. The van der Waals surface area contributed by atoms with E-state index in [1.165, 1.54) is 32.9 Å². The highest BCUT2D eigenvalue weighted by Crippen LogP contribution is 2.33. The Labute approximate surface area is 174 Å². The van der Waals surface area contributed by atoms with Crippen molar-refractivity contribution in [3.63, 3.8) is 0 Å². The summed E-state index contributed by atoms with van der Waals surface area (Å²) in [4.78, 5) is 9.00. The van der Waals surface area contributed by atoms with E-state index in [1.807, 2.05) is 0 Å². The Kier molecular flexibility index (Phi) is 6.02. The first-order chi connectivity index (χ1) is 12.8. The molecule has 1 aromatic heterocycles. The predicted molar refractivity (Wildman–Crippen MR) is 118 cm³/mol. The summed E-state index contributed by atoms with van der Waals surface area (Å²) in [6.07, 6.45) is 0. The fourth-order valence-corrected chi connectivity index (χ4v) is 3.82. The van der Waals surface area contributed by atoms with Gasteiger partial charge in [0, 0.05) is 44.2 Å². The first kappa shape index (κ1) is 19.6. The van der Waals surface area contributed by atoms with Crippen LogP contribution in [0.4, 0.5) is 0 Å². The number of aromatic nitrogens is 1. The molecule has 0 fully saturated rings. The monoisotopic (exact) mass is 487 g/mol. The number of halogens is 2. The van der Waals surface area contributed by atoms with E-state index in [0.29, 0.717) is 0 Å². The Morgan fingerprint density at radius 1 is 0.889 bits per heavy atom. The van der Waals surface area contributed by atoms with Crippen molar-refractivity contribution >= 4 is 59.6 Å². The minimum atomic E-state index is -0.833. The molecule has 4 aromatic rings. The molecule has 0 unspecified atom stereocenters. The van der Waals surface area contributed by atoms with Crippen LogP contribution in [-0.4, -0.2) is 15.6 Å². The van der Waals surface area contributed by atoms with Crippen LogP contribution in [0.15, 0.2) is 69.6 Å². The number of aliphatic carboxylic acids is 1. The van der Waals surface area contributed by atoms with Gasteiger partial charge in [-0.2, -0.15) is 0 Å². The maximum atomic E-state index is 9.00. The SMILES string of the molecule is CC(=O)O.Cc1ccc(Cn2c3ccc(Br)cc3c3cc(Br)ccc32)cc1. The average Bonchev–Trinajstić information content (AvgIpc) is 2.89. The van der Waals surface area contributed by atoms with E-state index in [1.54, 1.807) is 0 Å². The van der Waals surface area contributed by atoms with Crippen molar-refractivity contribution in [1.29, 1.82) is 0 Å². The fourth-order valence-electron chi connectivity index (χ4n) is 3.09. The normalized spacial score (nSPS) is 10.7. The molecule has 0 aliphatic rings. The van der Waals surface area contributed by atoms with E-state index in [-0.39, 0.29) is 0 Å². The van der Waals surface area contributed by atoms with Crippen LogP contribution in [0.25, 0.3) is 21.8 Å². The first-order valence-corrected chi connectivity index (χ1v) is 10.1. The molecule has 0 amide bonds. The molecule has 0 saturated heterocycles. The van der Waals surface area contributed by atoms with Crippen LogP contribution in [0, 0.1) is 6.92 Å². The smallest absolute Gasteiger partial charge is 0.300 e. The third kappa shape index (κ3) is 4.60. The van der Waals surface area contributed by atoms with Gasteiger partial charge in [0.05, 0.1) is 0 Å². The second-order valence-corrected chi connectivity index (χ2v) is 8.25. The van der Waals surface area contributed by atoms with Crippen molar-refractivity contribution in [3.05, 3.63) is 80.7 Å². The van der Waals surface area contributed by atoms with E-state index in [2.05, 4.69) is 104 Å². The van der Waals surface area contributed by atoms with Crippen molar-refractivity contribution < 1.29 is 9.90 Å². The number of nitrogens with zero attached hydrogens (tertiary/aromatic N) is 1. The first-order valence-electron chi connectivity index (χ1n) is 8.47. The summed E-state index contributed by atoms with van der Waals surface area (Å²) in [5.74, 6) is -0.833. The molecular formula is C22H19Br2NO2. The molecule has 0 aliphatic heterocycles. The quantitative estimate of drug-likeness (QED) is 0.338. The summed E-state index contributed by atoms with van der Waals surface area (Å²) in [5.41, 5.74) is 5.15. The Hall–Kier alpha value is -2.11. The molecule has 1 heterocycles. The van der Waals surface area contributed by atoms with Crippen molar-refractivity contribution in [2.24, 2.45) is 0 Å². The Morgan fingerprint density at radius 2 is 1.33 bits per heavy atom. The predicted octanol–water partition coefficient (Wildman–Crippen LogP) is 6.77. The molecule has 4 rings (SSSR count). The van der Waals surface area contributed by atoms with E-state index >= 15 is 0 Å². The average molecular weight is 489 g/mol. The number of benzene rings is 3. The van der Waals surface area contributed by atoms with Crippen LogP contribution in [0.3, 0.4) is 0 Å². The van der Waals surface area contributed by atoms with Gasteiger partial charge in [-0.05, 0) is 48.9 Å². The molecule has 0 aliphatic carbocycles. The minimum Gasteiger partial charge on any atom is -0.481 e. The highest BCUT2D eigenvalue weighted by molar-refractivity contribution is 9.10. The van der Waals surface area contributed by atoms with Gasteiger partial charge in [-0.25, -0.2) is 0 Å². The molecule has 0 atom stereocenters. The van der Waals surface area contributed by atoms with E-state index in [0.717, 1.165) is 22.4 Å². The molecular weight excluding hydrogens is 470 g/mol. The summed E-state index contributed by atoms with van der Waals surface area (Å²) in [6, 6.07) is 21.8. The maximum Gasteiger partial charge on any atom is 0.300 e. The molecule has 0 bridgehead atoms. The number of carboxylic acid groups (broad SMARTS) is 1. The van der Waals surface area contributed by atoms with E-state index < -0.39 is 5.97 Å². The molecule has 1 N–H and O–H groups in total. The molecule has 3 aromatic carbocycles. The van der Waals surface area contributed by atoms with Gasteiger partial charge >= 0.3 is 0 Å². The molecule has 0 radical (unpaired) electrons. The number of hydrogen-bond acceptors (Lipinski definition) is 1. The van der Waals surface area contributed by atoms with Gasteiger partial charge in [-0.3, -0.25) is 4.79 Å². The van der Waals surface area contributed by atoms with Gasteiger partial charge in [0.2, 0.25) is 0 Å². The van der Waals surface area contributed by atoms with Gasteiger partial charge in [-0.15, -0.1) is 0 Å². The lowest BCUT2D eigenvalue weighted by atomic mass is 10.1. The van der Waals surface area contributed by atoms with Crippen molar-refractivity contribution in [2.45, 2.75) is 20.4 Å². The summed E-state index contributed by atoms with van der Waals surface area (Å²) < 4.78 is 4.62. The zero-order chi connectivity index (χ0) is 19.6. The molecule has 0 spiro atoms. The van der Waals surface area contributed by atoms with Crippen molar-refractivity contribution in [3.8, 4) is 0 Å². The third-order valence-corrected chi connectivity index (χ3v) is 5.24. The van der Waals surface area contributed by atoms with Crippen LogP contribution < -0.4 is 0 Å². The lowest BCUT2D eigenvalue weighted by Crippen LogP contribution is -1.99. The molecule has 3 nitrogen and oxygen atoms in total. The number of fused-ring (bicyclic) bond motifs is 3. The Balaban J connectivity index is 0.000000481. The Morgan fingerprint density at radius 3 is 1.78 bits per heavy atom. The van der Waals surface area contributed by atoms with Gasteiger partial charge in [0.1, 0.15) is 0 Å². The number of rotatable bonds is 2. The van der Waals surface area contributed by atoms with Gasteiger partial charge in [-0.1, -0.05) is 61.7 Å². The van der Waals surface area contributed by atoms with E-state index in [9.17, 15) is 0 Å². The molecule has 0 saturated carbocycles. The lowest BCUT2D eigenvalue weighted by molar-refractivity contribution is -0.134. The third-order valence-electron chi connectivity index (χ3n) is 4.25. The number of aryl methyl sites for hydroxylation is 1. The van der Waals surface area contributed by atoms with Crippen LogP contribution >= 0.6 is 31.9 Å². The van der Waals surface area contributed by atoms with Crippen LogP contribution in [-0.2, 0) is 11.3 Å². The van der Waals surface area contributed by atoms with Crippen LogP contribution in [0.2, 0.25) is 0 Å². The summed E-state index contributed by atoms with van der Waals surface area (Å²) >= 11 is 7.20. The molecule has 138 valence electrons. The Bertz CT molecular complexity index is 1050. The fraction of sp³-hybridized carbons (Fsp3) is 0.136. The number of hydrogen-bond donors (Lipinski definition) is 1. The standard InChI is InChI=1S/C20H15Br2N.C2H4O2/c1-13-2-4-14(5-3-13)12-23-19-8-6-15(21)10-17(19)18-11-16(22)7-9-20(18)23;1-2(3)4/h2-11H,12H2,1H3;1H3,(H,3,4). The minimum absolute atomic E-state index is 0.833. The number of carboxylic acids is 1. The maximum absolute atomic E-state index is 9.00. The van der Waals surface area contributed by atoms with Crippen molar-refractivity contribution in [1.82, 2.24) is 4.57 Å². The largest absolute Gasteiger partial charge is 0.481 e. The van der Waals surface area contributed by atoms with Gasteiger partial charge in [0.15, 0.2) is 0 Å². The second-order valence-electron chi connectivity index (χ2n) is 6.41. The molecule has 5 heteroatoms. The van der Waals surface area contributed by atoms with Crippen molar-refractivity contribution in [2.75, 3.05) is 0 Å². The van der Waals surface area contributed by atoms with Crippen LogP contribution in [0.1, 0.15) is 18.1 Å². The summed E-state index contributed by atoms with van der Waals surface area (Å²) in [7, 11) is 0. The van der Waals surface area contributed by atoms with Crippen LogP contribution in [0.5, 0.6) is 0 Å².